The largest absolute Gasteiger partial charge is 0.465 e. The maximum Gasteiger partial charge on any atom is 0.339 e. The van der Waals surface area contributed by atoms with Crippen molar-refractivity contribution in [2.24, 2.45) is 0 Å². The minimum absolute atomic E-state index is 0.0380. The van der Waals surface area contributed by atoms with Crippen LogP contribution in [0.3, 0.4) is 0 Å². The van der Waals surface area contributed by atoms with Crippen molar-refractivity contribution in [1.82, 2.24) is 14.8 Å². The van der Waals surface area contributed by atoms with Gasteiger partial charge in [-0.25, -0.2) is 4.79 Å². The van der Waals surface area contributed by atoms with E-state index in [1.54, 1.807) is 6.92 Å². The van der Waals surface area contributed by atoms with Crippen LogP contribution < -0.4 is 0 Å². The molecule has 2 heterocycles. The van der Waals surface area contributed by atoms with Crippen LogP contribution in [0.25, 0.3) is 0 Å². The molecule has 0 bridgehead atoms. The van der Waals surface area contributed by atoms with E-state index in [9.17, 15) is 14.4 Å². The monoisotopic (exact) mass is 411 g/mol. The summed E-state index contributed by atoms with van der Waals surface area (Å²) in [7, 11) is 1.29. The van der Waals surface area contributed by atoms with Crippen molar-refractivity contribution in [2.75, 3.05) is 33.3 Å². The predicted molar refractivity (Wildman–Crippen MR) is 114 cm³/mol. The molecule has 0 saturated carbocycles. The number of aromatic nitrogens is 1. The molecule has 0 atom stereocenters. The van der Waals surface area contributed by atoms with Gasteiger partial charge in [-0.1, -0.05) is 24.3 Å². The molecule has 0 unspecified atom stereocenters. The highest BCUT2D eigenvalue weighted by atomic mass is 16.5. The second-order valence-corrected chi connectivity index (χ2v) is 7.79. The van der Waals surface area contributed by atoms with Crippen LogP contribution in [-0.4, -0.2) is 65.7 Å². The molecule has 1 amide bonds. The van der Waals surface area contributed by atoms with Crippen LogP contribution in [0, 0.1) is 13.8 Å². The standard InChI is InChI=1S/C23H29N3O4/c1-15-7-5-6-8-18(15)14-25-9-11-26(12-10-25)20(28)13-19-21(23(29)30-4)16(2)22(24-19)17(3)27/h5-8,24H,9-14H2,1-4H3. The van der Waals surface area contributed by atoms with Crippen LogP contribution in [0.5, 0.6) is 0 Å². The van der Waals surface area contributed by atoms with E-state index in [-0.39, 0.29) is 23.7 Å². The lowest BCUT2D eigenvalue weighted by molar-refractivity contribution is -0.132. The van der Waals surface area contributed by atoms with Gasteiger partial charge in [-0.15, -0.1) is 0 Å². The zero-order valence-electron chi connectivity index (χ0n) is 18.1. The average Bonchev–Trinajstić information content (AvgIpc) is 3.05. The van der Waals surface area contributed by atoms with Gasteiger partial charge in [0.25, 0.3) is 0 Å². The molecule has 2 aromatic rings. The molecule has 1 fully saturated rings. The molecule has 0 radical (unpaired) electrons. The zero-order chi connectivity index (χ0) is 21.8. The topological polar surface area (TPSA) is 82.7 Å². The third-order valence-corrected chi connectivity index (χ3v) is 5.78. The summed E-state index contributed by atoms with van der Waals surface area (Å²) >= 11 is 0. The van der Waals surface area contributed by atoms with Crippen LogP contribution in [0.1, 0.15) is 50.2 Å². The lowest BCUT2D eigenvalue weighted by Gasteiger charge is -2.35. The third-order valence-electron chi connectivity index (χ3n) is 5.78. The van der Waals surface area contributed by atoms with Gasteiger partial charge in [-0.05, 0) is 30.5 Å². The number of carbonyl (C=O) groups is 3. The molecule has 30 heavy (non-hydrogen) atoms. The number of ketones is 1. The minimum Gasteiger partial charge on any atom is -0.465 e. The van der Waals surface area contributed by atoms with E-state index >= 15 is 0 Å². The second kappa shape index (κ2) is 9.26. The number of aryl methyl sites for hydroxylation is 1. The zero-order valence-corrected chi connectivity index (χ0v) is 18.1. The molecule has 1 aromatic carbocycles. The summed E-state index contributed by atoms with van der Waals surface area (Å²) in [5.74, 6) is -0.782. The van der Waals surface area contributed by atoms with Crippen molar-refractivity contribution >= 4 is 17.7 Å². The van der Waals surface area contributed by atoms with E-state index in [1.807, 2.05) is 11.0 Å². The van der Waals surface area contributed by atoms with Gasteiger partial charge < -0.3 is 14.6 Å². The number of amides is 1. The van der Waals surface area contributed by atoms with E-state index in [2.05, 4.69) is 35.0 Å². The minimum atomic E-state index is -0.540. The Morgan fingerprint density at radius 3 is 2.33 bits per heavy atom. The number of Topliss-reactive ketones (excluding diaryl/α,β-unsaturated/α-hetero) is 1. The smallest absolute Gasteiger partial charge is 0.339 e. The molecule has 7 heteroatoms. The molecule has 1 aliphatic rings. The average molecular weight is 412 g/mol. The van der Waals surface area contributed by atoms with Gasteiger partial charge in [0.1, 0.15) is 0 Å². The fourth-order valence-corrected chi connectivity index (χ4v) is 3.97. The number of carbonyl (C=O) groups excluding carboxylic acids is 3. The van der Waals surface area contributed by atoms with Crippen LogP contribution in [0.15, 0.2) is 24.3 Å². The SMILES string of the molecule is COC(=O)c1c(CC(=O)N2CCN(Cc3ccccc3C)CC2)[nH]c(C(C)=O)c1C. The van der Waals surface area contributed by atoms with Gasteiger partial charge in [0.2, 0.25) is 5.91 Å². The number of esters is 1. The van der Waals surface area contributed by atoms with Gasteiger partial charge in [-0.2, -0.15) is 0 Å². The summed E-state index contributed by atoms with van der Waals surface area (Å²) < 4.78 is 4.86. The summed E-state index contributed by atoms with van der Waals surface area (Å²) in [6.07, 6.45) is 0.0380. The maximum atomic E-state index is 12.9. The first-order chi connectivity index (χ1) is 14.3. The Kier molecular flexibility index (Phi) is 6.72. The van der Waals surface area contributed by atoms with Gasteiger partial charge in [-0.3, -0.25) is 14.5 Å². The normalized spacial score (nSPS) is 14.6. The number of aromatic amines is 1. The van der Waals surface area contributed by atoms with Crippen LogP contribution in [-0.2, 0) is 22.5 Å². The number of piperazine rings is 1. The number of H-pyrrole nitrogens is 1. The Balaban J connectivity index is 1.65. The molecule has 1 aromatic heterocycles. The highest BCUT2D eigenvalue weighted by Gasteiger charge is 2.27. The number of nitrogens with one attached hydrogen (secondary N) is 1. The first-order valence-corrected chi connectivity index (χ1v) is 10.2. The van der Waals surface area contributed by atoms with E-state index < -0.39 is 5.97 Å². The first-order valence-electron chi connectivity index (χ1n) is 10.2. The number of hydrogen-bond donors (Lipinski definition) is 1. The van der Waals surface area contributed by atoms with E-state index in [0.717, 1.165) is 19.6 Å². The molecular formula is C23H29N3O4. The predicted octanol–water partition coefficient (Wildman–Crippen LogP) is 2.51. The number of ether oxygens (including phenoxy) is 1. The maximum absolute atomic E-state index is 12.9. The van der Waals surface area contributed by atoms with Crippen molar-refractivity contribution in [3.63, 3.8) is 0 Å². The Labute approximate surface area is 177 Å². The Bertz CT molecular complexity index is 955. The molecule has 1 aliphatic heterocycles. The summed E-state index contributed by atoms with van der Waals surface area (Å²) in [6, 6.07) is 8.34. The molecule has 0 aliphatic carbocycles. The van der Waals surface area contributed by atoms with Crippen LogP contribution in [0.2, 0.25) is 0 Å². The van der Waals surface area contributed by atoms with Crippen molar-refractivity contribution in [3.8, 4) is 0 Å². The number of nitrogens with zero attached hydrogens (tertiary/aromatic N) is 2. The van der Waals surface area contributed by atoms with Crippen molar-refractivity contribution in [2.45, 2.75) is 33.7 Å². The Morgan fingerprint density at radius 2 is 1.73 bits per heavy atom. The van der Waals surface area contributed by atoms with Crippen molar-refractivity contribution < 1.29 is 19.1 Å². The van der Waals surface area contributed by atoms with Gasteiger partial charge >= 0.3 is 5.97 Å². The highest BCUT2D eigenvalue weighted by molar-refractivity contribution is 6.01. The third kappa shape index (κ3) is 4.62. The molecule has 3 rings (SSSR count). The van der Waals surface area contributed by atoms with Gasteiger partial charge in [0.05, 0.1) is 24.8 Å². The fraction of sp³-hybridized carbons (Fsp3) is 0.435. The Hall–Kier alpha value is -2.93. The van der Waals surface area contributed by atoms with Crippen LogP contribution >= 0.6 is 0 Å². The van der Waals surface area contributed by atoms with Gasteiger partial charge in [0, 0.05) is 45.3 Å². The molecule has 1 N–H and O–H groups in total. The number of rotatable bonds is 6. The van der Waals surface area contributed by atoms with Crippen LogP contribution in [0.4, 0.5) is 0 Å². The molecule has 7 nitrogen and oxygen atoms in total. The number of methoxy groups -OCH3 is 1. The lowest BCUT2D eigenvalue weighted by atomic mass is 10.1. The molecular weight excluding hydrogens is 382 g/mol. The van der Waals surface area contributed by atoms with Crippen molar-refractivity contribution in [3.05, 3.63) is 57.9 Å². The second-order valence-electron chi connectivity index (χ2n) is 7.79. The Morgan fingerprint density at radius 1 is 1.07 bits per heavy atom. The summed E-state index contributed by atoms with van der Waals surface area (Å²) in [5, 5.41) is 0. The summed E-state index contributed by atoms with van der Waals surface area (Å²) in [5.41, 5.74) is 4.18. The van der Waals surface area contributed by atoms with E-state index in [1.165, 1.54) is 25.2 Å². The molecule has 160 valence electrons. The quantitative estimate of drug-likeness (QED) is 0.583. The lowest BCUT2D eigenvalue weighted by Crippen LogP contribution is -2.48. The fourth-order valence-electron chi connectivity index (χ4n) is 3.97. The molecule has 0 spiro atoms. The van der Waals surface area contributed by atoms with E-state index in [4.69, 9.17) is 4.74 Å². The number of benzene rings is 1. The summed E-state index contributed by atoms with van der Waals surface area (Å²) in [4.78, 5) is 44.1. The molecule has 1 saturated heterocycles. The first kappa shape index (κ1) is 21.8. The van der Waals surface area contributed by atoms with Gasteiger partial charge in [0.15, 0.2) is 5.78 Å². The van der Waals surface area contributed by atoms with E-state index in [0.29, 0.717) is 30.0 Å². The van der Waals surface area contributed by atoms with Crippen molar-refractivity contribution in [1.29, 1.82) is 0 Å². The number of hydrogen-bond acceptors (Lipinski definition) is 5. The highest BCUT2D eigenvalue weighted by Crippen LogP contribution is 2.21. The summed E-state index contributed by atoms with van der Waals surface area (Å²) in [6.45, 7) is 8.98.